The first-order valence-electron chi connectivity index (χ1n) is 14.0. The highest BCUT2D eigenvalue weighted by atomic mass is 79.9. The van der Waals surface area contributed by atoms with E-state index in [1.807, 2.05) is 56.9 Å². The van der Waals surface area contributed by atoms with Crippen LogP contribution in [0.5, 0.6) is 5.75 Å². The summed E-state index contributed by atoms with van der Waals surface area (Å²) in [6.07, 6.45) is 1.63. The van der Waals surface area contributed by atoms with Crippen LogP contribution in [0, 0.1) is 10.8 Å². The molecule has 0 fully saturated rings. The van der Waals surface area contributed by atoms with E-state index in [0.29, 0.717) is 58.2 Å². The standard InChI is InChI=1S/C33H34BrCl2NO5/c1-32(2)13-23-29(25(38)15-32)28(30-24(37(23)10-9-27(40)41)14-33(3,4)16-26(30)39)21-11-20(35)12-22(36)31(21)42-17-18-5-7-19(34)8-6-18/h5-8,11-12,28H,9-10,13-17H2,1-4H3,(H,40,41). The average molecular weight is 675 g/mol. The third-order valence-corrected chi connectivity index (χ3v) is 9.24. The normalized spacial score (nSPS) is 20.0. The minimum atomic E-state index is -0.936. The second-order valence-electron chi connectivity index (χ2n) is 13.1. The maximum Gasteiger partial charge on any atom is 0.305 e. The van der Waals surface area contributed by atoms with Crippen molar-refractivity contribution in [2.24, 2.45) is 10.8 Å². The van der Waals surface area contributed by atoms with Crippen LogP contribution in [0.4, 0.5) is 0 Å². The molecule has 0 saturated carbocycles. The summed E-state index contributed by atoms with van der Waals surface area (Å²) < 4.78 is 7.30. The number of carbonyl (C=O) groups excluding carboxylic acids is 2. The number of benzene rings is 2. The lowest BCUT2D eigenvalue weighted by Gasteiger charge is -2.49. The van der Waals surface area contributed by atoms with Gasteiger partial charge in [-0.2, -0.15) is 0 Å². The molecule has 0 amide bonds. The maximum atomic E-state index is 14.1. The summed E-state index contributed by atoms with van der Waals surface area (Å²) in [6, 6.07) is 11.1. The first-order valence-corrected chi connectivity index (χ1v) is 15.6. The fourth-order valence-corrected chi connectivity index (χ4v) is 7.35. The molecule has 222 valence electrons. The Labute approximate surface area is 264 Å². The predicted molar refractivity (Wildman–Crippen MR) is 167 cm³/mol. The predicted octanol–water partition coefficient (Wildman–Crippen LogP) is 8.50. The number of allylic oxidation sites excluding steroid dienone is 4. The minimum absolute atomic E-state index is 0.0642. The fourth-order valence-electron chi connectivity index (χ4n) is 6.52. The van der Waals surface area contributed by atoms with Gasteiger partial charge in [-0.1, -0.05) is 79.0 Å². The summed E-state index contributed by atoms with van der Waals surface area (Å²) in [7, 11) is 0. The van der Waals surface area contributed by atoms with Gasteiger partial charge < -0.3 is 14.7 Å². The smallest absolute Gasteiger partial charge is 0.305 e. The molecule has 1 N–H and O–H groups in total. The number of Topliss-reactive ketones (excluding diaryl/α,β-unsaturated/α-hetero) is 2. The van der Waals surface area contributed by atoms with Gasteiger partial charge in [0.05, 0.1) is 11.4 Å². The maximum absolute atomic E-state index is 14.1. The lowest BCUT2D eigenvalue weighted by molar-refractivity contribution is -0.137. The summed E-state index contributed by atoms with van der Waals surface area (Å²) in [5.74, 6) is -1.41. The molecule has 42 heavy (non-hydrogen) atoms. The topological polar surface area (TPSA) is 83.9 Å². The minimum Gasteiger partial charge on any atom is -0.487 e. The lowest BCUT2D eigenvalue weighted by atomic mass is 9.63. The van der Waals surface area contributed by atoms with Gasteiger partial charge in [0.25, 0.3) is 0 Å². The number of hydrogen-bond donors (Lipinski definition) is 1. The molecule has 1 aliphatic heterocycles. The molecule has 2 aromatic rings. The van der Waals surface area contributed by atoms with E-state index in [2.05, 4.69) is 15.9 Å². The largest absolute Gasteiger partial charge is 0.487 e. The highest BCUT2D eigenvalue weighted by Gasteiger charge is 2.49. The number of carboxylic acids is 1. The van der Waals surface area contributed by atoms with Crippen LogP contribution in [0.25, 0.3) is 0 Å². The van der Waals surface area contributed by atoms with Crippen molar-refractivity contribution in [2.45, 2.75) is 72.3 Å². The van der Waals surface area contributed by atoms with E-state index in [1.165, 1.54) is 0 Å². The monoisotopic (exact) mass is 673 g/mol. The molecule has 3 aliphatic rings. The van der Waals surface area contributed by atoms with Gasteiger partial charge in [0.15, 0.2) is 11.6 Å². The van der Waals surface area contributed by atoms with Crippen LogP contribution < -0.4 is 4.74 Å². The Kier molecular flexibility index (Phi) is 8.42. The number of nitrogens with zero attached hydrogens (tertiary/aromatic N) is 1. The molecule has 2 aliphatic carbocycles. The van der Waals surface area contributed by atoms with Crippen LogP contribution in [0.2, 0.25) is 10.0 Å². The van der Waals surface area contributed by atoms with Gasteiger partial charge in [-0.15, -0.1) is 0 Å². The second kappa shape index (κ2) is 11.5. The Morgan fingerprint density at radius 1 is 0.952 bits per heavy atom. The summed E-state index contributed by atoms with van der Waals surface area (Å²) >= 11 is 16.8. The third kappa shape index (κ3) is 6.20. The van der Waals surface area contributed by atoms with E-state index in [9.17, 15) is 19.5 Å². The number of ketones is 2. The number of hydrogen-bond acceptors (Lipinski definition) is 5. The number of halogens is 3. The molecule has 0 unspecified atom stereocenters. The zero-order valence-electron chi connectivity index (χ0n) is 24.2. The number of ether oxygens (including phenoxy) is 1. The van der Waals surface area contributed by atoms with Gasteiger partial charge in [0.2, 0.25) is 0 Å². The van der Waals surface area contributed by atoms with Crippen LogP contribution >= 0.6 is 39.1 Å². The zero-order chi connectivity index (χ0) is 30.6. The van der Waals surface area contributed by atoms with Crippen molar-refractivity contribution in [2.75, 3.05) is 6.54 Å². The molecule has 0 aromatic heterocycles. The molecule has 0 bridgehead atoms. The number of aliphatic carboxylic acids is 1. The molecule has 5 rings (SSSR count). The van der Waals surface area contributed by atoms with E-state index in [1.54, 1.807) is 12.1 Å². The first-order chi connectivity index (χ1) is 19.7. The number of rotatable bonds is 7. The van der Waals surface area contributed by atoms with Crippen LogP contribution in [0.1, 0.15) is 76.8 Å². The molecule has 6 nitrogen and oxygen atoms in total. The second-order valence-corrected chi connectivity index (χ2v) is 14.8. The fraction of sp³-hybridized carbons (Fsp3) is 0.424. The Hall–Kier alpha value is -2.61. The zero-order valence-corrected chi connectivity index (χ0v) is 27.3. The Morgan fingerprint density at radius 2 is 1.50 bits per heavy atom. The van der Waals surface area contributed by atoms with Gasteiger partial charge in [-0.25, -0.2) is 0 Å². The molecule has 2 aromatic carbocycles. The van der Waals surface area contributed by atoms with Crippen LogP contribution in [0.15, 0.2) is 63.4 Å². The molecule has 0 radical (unpaired) electrons. The molecule has 0 saturated heterocycles. The van der Waals surface area contributed by atoms with E-state index >= 15 is 0 Å². The van der Waals surface area contributed by atoms with Crippen molar-refractivity contribution in [3.63, 3.8) is 0 Å². The highest BCUT2D eigenvalue weighted by Crippen LogP contribution is 2.56. The summed E-state index contributed by atoms with van der Waals surface area (Å²) in [5.41, 5.74) is 3.41. The van der Waals surface area contributed by atoms with Crippen LogP contribution in [0.3, 0.4) is 0 Å². The van der Waals surface area contributed by atoms with Gasteiger partial charge in [-0.3, -0.25) is 14.4 Å². The van der Waals surface area contributed by atoms with Crippen molar-refractivity contribution in [3.8, 4) is 5.75 Å². The quantitative estimate of drug-likeness (QED) is 0.317. The van der Waals surface area contributed by atoms with Crippen LogP contribution in [-0.2, 0) is 21.0 Å². The van der Waals surface area contributed by atoms with Crippen molar-refractivity contribution < 1.29 is 24.2 Å². The third-order valence-electron chi connectivity index (χ3n) is 8.22. The van der Waals surface area contributed by atoms with E-state index < -0.39 is 11.9 Å². The van der Waals surface area contributed by atoms with Crippen molar-refractivity contribution in [3.05, 3.63) is 84.6 Å². The summed E-state index contributed by atoms with van der Waals surface area (Å²) in [6.45, 7) is 8.57. The molecule has 9 heteroatoms. The molecule has 1 heterocycles. The van der Waals surface area contributed by atoms with Crippen molar-refractivity contribution in [1.82, 2.24) is 4.90 Å². The van der Waals surface area contributed by atoms with Gasteiger partial charge in [0, 0.05) is 62.9 Å². The van der Waals surface area contributed by atoms with E-state index in [4.69, 9.17) is 27.9 Å². The van der Waals surface area contributed by atoms with Crippen molar-refractivity contribution in [1.29, 1.82) is 0 Å². The molecular formula is C33H34BrCl2NO5. The van der Waals surface area contributed by atoms with Gasteiger partial charge in [-0.05, 0) is 53.5 Å². The summed E-state index contributed by atoms with van der Waals surface area (Å²) in [4.78, 5) is 41.8. The van der Waals surface area contributed by atoms with Gasteiger partial charge in [0.1, 0.15) is 12.4 Å². The SMILES string of the molecule is CC1(C)CC(=O)C2=C(C1)N(CCC(=O)O)C1=C(C(=O)CC(C)(C)C1)C2c1cc(Cl)cc(Cl)c1OCc1ccc(Br)cc1. The number of carbonyl (C=O) groups is 3. The van der Waals surface area contributed by atoms with Gasteiger partial charge >= 0.3 is 5.97 Å². The Bertz CT molecular complexity index is 1490. The van der Waals surface area contributed by atoms with E-state index in [0.717, 1.165) is 21.4 Å². The number of carboxylic acid groups (broad SMARTS) is 1. The highest BCUT2D eigenvalue weighted by molar-refractivity contribution is 9.10. The Balaban J connectivity index is 1.73. The summed E-state index contributed by atoms with van der Waals surface area (Å²) in [5, 5.41) is 10.3. The molecule has 0 atom stereocenters. The average Bonchev–Trinajstić information content (AvgIpc) is 2.85. The first kappa shape index (κ1) is 30.8. The Morgan fingerprint density at radius 3 is 2.02 bits per heavy atom. The van der Waals surface area contributed by atoms with Crippen molar-refractivity contribution >= 4 is 56.7 Å². The lowest BCUT2D eigenvalue weighted by Crippen LogP contribution is -2.45. The van der Waals surface area contributed by atoms with E-state index in [-0.39, 0.29) is 42.0 Å². The van der Waals surface area contributed by atoms with Crippen LogP contribution in [-0.4, -0.2) is 34.1 Å². The molecule has 0 spiro atoms. The molecular weight excluding hydrogens is 641 g/mol.